The second-order valence-corrected chi connectivity index (χ2v) is 3.67. The maximum Gasteiger partial charge on any atom is 0.339 e. The number of hydrogen-bond donors (Lipinski definition) is 1. The van der Waals surface area contributed by atoms with E-state index in [1.54, 1.807) is 0 Å². The minimum absolute atomic E-state index is 0.0417. The first-order valence-electron chi connectivity index (χ1n) is 4.57. The molecular formula is C9H5ClN4O4. The molecule has 0 saturated heterocycles. The van der Waals surface area contributed by atoms with E-state index in [-0.39, 0.29) is 11.4 Å². The number of aromatic carboxylic acids is 1. The number of halogens is 1. The zero-order valence-electron chi connectivity index (χ0n) is 8.65. The molecule has 8 nitrogen and oxygen atoms in total. The lowest BCUT2D eigenvalue weighted by Gasteiger charge is -2.04. The molecule has 0 spiro atoms. The van der Waals surface area contributed by atoms with E-state index in [1.807, 2.05) is 0 Å². The van der Waals surface area contributed by atoms with Gasteiger partial charge in [-0.15, -0.1) is 0 Å². The molecule has 0 atom stereocenters. The molecule has 0 fully saturated rings. The van der Waals surface area contributed by atoms with Crippen LogP contribution in [0.4, 0.5) is 5.69 Å². The van der Waals surface area contributed by atoms with Gasteiger partial charge in [0, 0.05) is 6.07 Å². The Hall–Kier alpha value is -2.48. The van der Waals surface area contributed by atoms with Gasteiger partial charge < -0.3 is 5.11 Å². The lowest BCUT2D eigenvalue weighted by Crippen LogP contribution is -2.09. The summed E-state index contributed by atoms with van der Waals surface area (Å²) in [6, 6.07) is 0.917. The fourth-order valence-electron chi connectivity index (χ4n) is 1.30. The Kier molecular flexibility index (Phi) is 2.94. The van der Waals surface area contributed by atoms with Gasteiger partial charge in [0.2, 0.25) is 0 Å². The smallest absolute Gasteiger partial charge is 0.339 e. The van der Waals surface area contributed by atoms with Crippen LogP contribution in [0.5, 0.6) is 0 Å². The third-order valence-corrected chi connectivity index (χ3v) is 2.26. The van der Waals surface area contributed by atoms with Gasteiger partial charge >= 0.3 is 5.97 Å². The highest BCUT2D eigenvalue weighted by Crippen LogP contribution is 2.19. The zero-order valence-corrected chi connectivity index (χ0v) is 9.40. The monoisotopic (exact) mass is 268 g/mol. The van der Waals surface area contributed by atoms with E-state index in [2.05, 4.69) is 10.1 Å². The summed E-state index contributed by atoms with van der Waals surface area (Å²) in [5, 5.41) is 23.7. The van der Waals surface area contributed by atoms with Gasteiger partial charge in [0.15, 0.2) is 5.82 Å². The van der Waals surface area contributed by atoms with Gasteiger partial charge in [0.25, 0.3) is 5.69 Å². The molecular weight excluding hydrogens is 264 g/mol. The Morgan fingerprint density at radius 2 is 2.22 bits per heavy atom. The summed E-state index contributed by atoms with van der Waals surface area (Å²) in [6.45, 7) is 0. The Balaban J connectivity index is 2.60. The first-order chi connectivity index (χ1) is 8.49. The zero-order chi connectivity index (χ0) is 13.3. The molecule has 0 aliphatic heterocycles. The largest absolute Gasteiger partial charge is 0.478 e. The van der Waals surface area contributed by atoms with E-state index < -0.39 is 16.6 Å². The van der Waals surface area contributed by atoms with E-state index in [0.717, 1.165) is 16.9 Å². The molecule has 2 rings (SSSR count). The molecule has 0 amide bonds. The minimum atomic E-state index is -1.34. The van der Waals surface area contributed by atoms with Crippen molar-refractivity contribution in [3.63, 3.8) is 0 Å². The van der Waals surface area contributed by atoms with Crippen molar-refractivity contribution < 1.29 is 14.8 Å². The molecule has 0 aliphatic carbocycles. The highest BCUT2D eigenvalue weighted by atomic mass is 35.5. The normalized spacial score (nSPS) is 10.3. The van der Waals surface area contributed by atoms with Crippen molar-refractivity contribution in [2.45, 2.75) is 0 Å². The fraction of sp³-hybridized carbons (Fsp3) is 0. The summed E-state index contributed by atoms with van der Waals surface area (Å²) in [4.78, 5) is 24.6. The Morgan fingerprint density at radius 1 is 1.50 bits per heavy atom. The summed E-state index contributed by atoms with van der Waals surface area (Å²) in [5.74, 6) is -1.38. The van der Waals surface area contributed by atoms with Gasteiger partial charge in [-0.2, -0.15) is 5.10 Å². The highest BCUT2D eigenvalue weighted by Gasteiger charge is 2.19. The van der Waals surface area contributed by atoms with E-state index in [9.17, 15) is 14.9 Å². The summed E-state index contributed by atoms with van der Waals surface area (Å²) < 4.78 is 1.13. The van der Waals surface area contributed by atoms with Crippen LogP contribution in [0.25, 0.3) is 5.82 Å². The van der Waals surface area contributed by atoms with Crippen molar-refractivity contribution in [2.24, 2.45) is 0 Å². The average Bonchev–Trinajstić information content (AvgIpc) is 2.74. The van der Waals surface area contributed by atoms with Crippen LogP contribution < -0.4 is 0 Å². The van der Waals surface area contributed by atoms with E-state index in [1.165, 1.54) is 12.4 Å². The number of carboxylic acid groups (broad SMARTS) is 1. The van der Waals surface area contributed by atoms with Gasteiger partial charge in [-0.3, -0.25) is 10.1 Å². The standard InChI is InChI=1S/C9H5ClN4O4/c10-5-2-12-13(4-5)8-7(9(15)16)1-6(3-11-8)14(17)18/h1-4H,(H,15,16). The van der Waals surface area contributed by atoms with Crippen molar-refractivity contribution in [1.82, 2.24) is 14.8 Å². The van der Waals surface area contributed by atoms with Crippen molar-refractivity contribution in [3.8, 4) is 5.82 Å². The van der Waals surface area contributed by atoms with Gasteiger partial charge in [-0.25, -0.2) is 14.5 Å². The molecule has 9 heteroatoms. The molecule has 2 heterocycles. The average molecular weight is 269 g/mol. The first kappa shape index (κ1) is 12.0. The quantitative estimate of drug-likeness (QED) is 0.667. The molecule has 2 aromatic rings. The maximum absolute atomic E-state index is 11.0. The number of pyridine rings is 1. The molecule has 18 heavy (non-hydrogen) atoms. The maximum atomic E-state index is 11.0. The van der Waals surface area contributed by atoms with Gasteiger partial charge in [0.1, 0.15) is 11.8 Å². The number of rotatable bonds is 3. The molecule has 0 aliphatic rings. The van der Waals surface area contributed by atoms with Crippen LogP contribution in [0, 0.1) is 10.1 Å². The van der Waals surface area contributed by atoms with Crippen molar-refractivity contribution in [2.75, 3.05) is 0 Å². The van der Waals surface area contributed by atoms with Gasteiger partial charge in [0.05, 0.1) is 22.3 Å². The number of nitrogens with zero attached hydrogens (tertiary/aromatic N) is 4. The van der Waals surface area contributed by atoms with Gasteiger partial charge in [-0.1, -0.05) is 11.6 Å². The van der Waals surface area contributed by atoms with Crippen LogP contribution in [0.3, 0.4) is 0 Å². The van der Waals surface area contributed by atoms with Crippen molar-refractivity contribution in [1.29, 1.82) is 0 Å². The number of hydrogen-bond acceptors (Lipinski definition) is 5. The summed E-state index contributed by atoms with van der Waals surface area (Å²) in [7, 11) is 0. The topological polar surface area (TPSA) is 111 Å². The summed E-state index contributed by atoms with van der Waals surface area (Å²) in [6.07, 6.45) is 3.61. The SMILES string of the molecule is O=C(O)c1cc([N+](=O)[O-])cnc1-n1cc(Cl)cn1. The van der Waals surface area contributed by atoms with E-state index >= 15 is 0 Å². The molecule has 0 saturated carbocycles. The molecule has 0 bridgehead atoms. The van der Waals surface area contributed by atoms with Crippen LogP contribution in [-0.2, 0) is 0 Å². The third kappa shape index (κ3) is 2.13. The Labute approximate surface area is 105 Å². The third-order valence-electron chi connectivity index (χ3n) is 2.06. The van der Waals surface area contributed by atoms with Gasteiger partial charge in [-0.05, 0) is 0 Å². The lowest BCUT2D eigenvalue weighted by molar-refractivity contribution is -0.385. The fourth-order valence-corrected chi connectivity index (χ4v) is 1.44. The predicted octanol–water partition coefficient (Wildman–Crippen LogP) is 1.53. The number of aromatic nitrogens is 3. The second-order valence-electron chi connectivity index (χ2n) is 3.23. The molecule has 0 aromatic carbocycles. The van der Waals surface area contributed by atoms with Crippen LogP contribution in [0.15, 0.2) is 24.7 Å². The number of carboxylic acids is 1. The van der Waals surface area contributed by atoms with Crippen LogP contribution >= 0.6 is 11.6 Å². The van der Waals surface area contributed by atoms with Crippen LogP contribution in [0.2, 0.25) is 5.02 Å². The van der Waals surface area contributed by atoms with Crippen LogP contribution in [-0.4, -0.2) is 30.8 Å². The summed E-state index contributed by atoms with van der Waals surface area (Å²) in [5.41, 5.74) is -0.738. The lowest BCUT2D eigenvalue weighted by atomic mass is 10.2. The van der Waals surface area contributed by atoms with Crippen molar-refractivity contribution >= 4 is 23.3 Å². The minimum Gasteiger partial charge on any atom is -0.478 e. The van der Waals surface area contributed by atoms with E-state index in [0.29, 0.717) is 5.02 Å². The first-order valence-corrected chi connectivity index (χ1v) is 4.95. The molecule has 0 unspecified atom stereocenters. The number of nitro groups is 1. The van der Waals surface area contributed by atoms with E-state index in [4.69, 9.17) is 16.7 Å². The number of carbonyl (C=O) groups is 1. The molecule has 92 valence electrons. The Morgan fingerprint density at radius 3 is 2.72 bits per heavy atom. The van der Waals surface area contributed by atoms with Crippen LogP contribution in [0.1, 0.15) is 10.4 Å². The predicted molar refractivity (Wildman–Crippen MR) is 60.0 cm³/mol. The Bertz CT molecular complexity index is 639. The second kappa shape index (κ2) is 4.41. The highest BCUT2D eigenvalue weighted by molar-refractivity contribution is 6.30. The molecule has 1 N–H and O–H groups in total. The van der Waals surface area contributed by atoms with Crippen molar-refractivity contribution in [3.05, 3.63) is 45.4 Å². The molecule has 0 radical (unpaired) electrons. The summed E-state index contributed by atoms with van der Waals surface area (Å²) >= 11 is 5.66. The molecule has 2 aromatic heterocycles.